The summed E-state index contributed by atoms with van der Waals surface area (Å²) in [5.41, 5.74) is 10.6. The number of pyridine rings is 2. The molecule has 0 saturated carbocycles. The van der Waals surface area contributed by atoms with E-state index >= 15 is 0 Å². The minimum absolute atomic E-state index is 0.185. The Bertz CT molecular complexity index is 1760. The molecule has 0 spiro atoms. The predicted molar refractivity (Wildman–Crippen MR) is 157 cm³/mol. The normalized spacial score (nSPS) is 13.9. The lowest BCUT2D eigenvalue weighted by Crippen LogP contribution is -2.38. The summed E-state index contributed by atoms with van der Waals surface area (Å²) in [4.78, 5) is 31.3. The number of rotatable bonds is 8. The van der Waals surface area contributed by atoms with Crippen molar-refractivity contribution < 1.29 is 9.47 Å². The van der Waals surface area contributed by atoms with Gasteiger partial charge in [0, 0.05) is 43.3 Å². The number of fused-ring (bicyclic) bond motifs is 1. The summed E-state index contributed by atoms with van der Waals surface area (Å²) in [7, 11) is 1.48. The van der Waals surface area contributed by atoms with E-state index in [0.717, 1.165) is 61.8 Å². The second-order valence-corrected chi connectivity index (χ2v) is 9.88. The van der Waals surface area contributed by atoms with Crippen molar-refractivity contribution in [1.82, 2.24) is 34.6 Å². The Morgan fingerprint density at radius 2 is 1.95 bits per heavy atom. The van der Waals surface area contributed by atoms with Crippen LogP contribution in [0.3, 0.4) is 0 Å². The average Bonchev–Trinajstić information content (AvgIpc) is 3.45. The number of benzene rings is 1. The van der Waals surface area contributed by atoms with Gasteiger partial charge in [0.05, 0.1) is 50.3 Å². The first kappa shape index (κ1) is 26.4. The number of anilines is 3. The number of nitrogen functional groups attached to an aromatic ring is 1. The maximum absolute atomic E-state index is 12.8. The number of aromatic amines is 1. The summed E-state index contributed by atoms with van der Waals surface area (Å²) in [6.07, 6.45) is 7.11. The van der Waals surface area contributed by atoms with Gasteiger partial charge in [-0.25, -0.2) is 15.0 Å². The van der Waals surface area contributed by atoms with Gasteiger partial charge in [-0.2, -0.15) is 5.10 Å². The molecule has 0 radical (unpaired) electrons. The first-order chi connectivity index (χ1) is 20.0. The second kappa shape index (κ2) is 11.4. The highest BCUT2D eigenvalue weighted by atomic mass is 16.5. The summed E-state index contributed by atoms with van der Waals surface area (Å²) >= 11 is 0. The monoisotopic (exact) mass is 553 g/mol. The molecule has 6 rings (SSSR count). The lowest BCUT2D eigenvalue weighted by atomic mass is 10.0. The van der Waals surface area contributed by atoms with Crippen LogP contribution in [-0.4, -0.2) is 74.6 Å². The fraction of sp³-hybridized carbons (Fsp3) is 0.276. The lowest BCUT2D eigenvalue weighted by molar-refractivity contribution is 0.0360. The van der Waals surface area contributed by atoms with Crippen LogP contribution >= 0.6 is 0 Å². The predicted octanol–water partition coefficient (Wildman–Crippen LogP) is 3.22. The number of nitrogens with zero attached hydrogens (tertiary/aromatic N) is 6. The smallest absolute Gasteiger partial charge is 0.259 e. The van der Waals surface area contributed by atoms with Crippen LogP contribution in [0.2, 0.25) is 0 Å². The highest BCUT2D eigenvalue weighted by Gasteiger charge is 2.15. The van der Waals surface area contributed by atoms with Crippen molar-refractivity contribution in [3.05, 3.63) is 71.0 Å². The second-order valence-electron chi connectivity index (χ2n) is 9.88. The molecular weight excluding hydrogens is 522 g/mol. The molecule has 4 aromatic heterocycles. The fourth-order valence-corrected chi connectivity index (χ4v) is 4.99. The van der Waals surface area contributed by atoms with Gasteiger partial charge in [0.2, 0.25) is 0 Å². The number of hydrogen-bond acceptors (Lipinski definition) is 10. The summed E-state index contributed by atoms with van der Waals surface area (Å²) in [6, 6.07) is 9.66. The van der Waals surface area contributed by atoms with Gasteiger partial charge in [-0.15, -0.1) is 0 Å². The third kappa shape index (κ3) is 5.60. The molecule has 1 aromatic carbocycles. The molecule has 5 aromatic rings. The molecule has 0 atom stereocenters. The number of hydrogen-bond donors (Lipinski definition) is 3. The van der Waals surface area contributed by atoms with Gasteiger partial charge in [0.15, 0.2) is 5.82 Å². The van der Waals surface area contributed by atoms with Crippen LogP contribution in [0.15, 0.2) is 59.9 Å². The Labute approximate surface area is 236 Å². The maximum Gasteiger partial charge on any atom is 0.259 e. The topological polar surface area (TPSA) is 149 Å². The molecule has 12 nitrogen and oxygen atoms in total. The van der Waals surface area contributed by atoms with Gasteiger partial charge in [0.1, 0.15) is 11.5 Å². The first-order valence-electron chi connectivity index (χ1n) is 13.4. The Kier molecular flexibility index (Phi) is 7.32. The van der Waals surface area contributed by atoms with Crippen molar-refractivity contribution in [2.45, 2.75) is 13.5 Å². The zero-order chi connectivity index (χ0) is 28.3. The van der Waals surface area contributed by atoms with E-state index < -0.39 is 0 Å². The number of morpholine rings is 1. The molecule has 1 aliphatic rings. The minimum Gasteiger partial charge on any atom is -0.478 e. The summed E-state index contributed by atoms with van der Waals surface area (Å²) < 4.78 is 12.7. The summed E-state index contributed by atoms with van der Waals surface area (Å²) in [5, 5.41) is 9.07. The molecule has 0 unspecified atom stereocenters. The number of aryl methyl sites for hydroxylation is 1. The minimum atomic E-state index is -0.247. The Balaban J connectivity index is 1.27. The third-order valence-electron chi connectivity index (χ3n) is 7.16. The van der Waals surface area contributed by atoms with Crippen LogP contribution in [0.25, 0.3) is 33.3 Å². The number of H-pyrrole nitrogens is 1. The molecule has 1 saturated heterocycles. The van der Waals surface area contributed by atoms with Crippen molar-refractivity contribution in [2.75, 3.05) is 51.0 Å². The quantitative estimate of drug-likeness (QED) is 0.261. The van der Waals surface area contributed by atoms with Crippen LogP contribution in [-0.2, 0) is 11.3 Å². The first-order valence-corrected chi connectivity index (χ1v) is 13.4. The molecular formula is C29H31N9O3. The molecule has 0 aliphatic carbocycles. The molecule has 4 N–H and O–H groups in total. The molecule has 0 amide bonds. The van der Waals surface area contributed by atoms with Crippen molar-refractivity contribution in [3.8, 4) is 28.4 Å². The van der Waals surface area contributed by atoms with E-state index in [4.69, 9.17) is 20.2 Å². The van der Waals surface area contributed by atoms with Crippen LogP contribution in [0.1, 0.15) is 5.56 Å². The van der Waals surface area contributed by atoms with Gasteiger partial charge in [-0.3, -0.25) is 14.4 Å². The van der Waals surface area contributed by atoms with Gasteiger partial charge in [-0.05, 0) is 47.7 Å². The van der Waals surface area contributed by atoms with Crippen molar-refractivity contribution in [3.63, 3.8) is 0 Å². The molecule has 1 fully saturated rings. The van der Waals surface area contributed by atoms with Crippen molar-refractivity contribution >= 4 is 28.1 Å². The SMILES string of the molecule is COc1nc(-c2cc3cc[nH]c(=O)c3c(Nc3ccc(-c4cnn(CCN5CCOCC5)c4)c(C)c3)n2)cnc1N. The van der Waals surface area contributed by atoms with Gasteiger partial charge in [0.25, 0.3) is 11.4 Å². The molecule has 1 aliphatic heterocycles. The van der Waals surface area contributed by atoms with Crippen LogP contribution in [0, 0.1) is 6.92 Å². The highest BCUT2D eigenvalue weighted by molar-refractivity contribution is 5.95. The van der Waals surface area contributed by atoms with Crippen molar-refractivity contribution in [2.24, 2.45) is 0 Å². The van der Waals surface area contributed by atoms with E-state index in [1.54, 1.807) is 12.3 Å². The summed E-state index contributed by atoms with van der Waals surface area (Å²) in [5.74, 6) is 0.797. The standard InChI is InChI=1S/C29H31N9O3/c1-18-13-21(3-4-22(18)20-15-33-38(17-20)8-7-37-9-11-41-12-10-37)34-27-25-19(5-6-31-28(25)39)14-23(35-27)24-16-32-26(30)29(36-24)40-2/h3-6,13-17H,7-12H2,1-2H3,(H2,30,32)(H,31,39)(H,34,35). The van der Waals surface area contributed by atoms with E-state index in [9.17, 15) is 4.79 Å². The zero-order valence-electron chi connectivity index (χ0n) is 22.9. The number of ether oxygens (including phenoxy) is 2. The van der Waals surface area contributed by atoms with Gasteiger partial charge < -0.3 is 25.5 Å². The molecule has 12 heteroatoms. The number of nitrogens with one attached hydrogen (secondary N) is 2. The van der Waals surface area contributed by atoms with Gasteiger partial charge in [-0.1, -0.05) is 6.07 Å². The molecule has 5 heterocycles. The average molecular weight is 554 g/mol. The van der Waals surface area contributed by atoms with Crippen LogP contribution in [0.5, 0.6) is 5.88 Å². The third-order valence-corrected chi connectivity index (χ3v) is 7.16. The molecule has 41 heavy (non-hydrogen) atoms. The van der Waals surface area contributed by atoms with E-state index in [1.165, 1.54) is 13.3 Å². The highest BCUT2D eigenvalue weighted by Crippen LogP contribution is 2.31. The Morgan fingerprint density at radius 3 is 2.76 bits per heavy atom. The van der Waals surface area contributed by atoms with E-state index in [-0.39, 0.29) is 17.3 Å². The largest absolute Gasteiger partial charge is 0.478 e. The van der Waals surface area contributed by atoms with E-state index in [0.29, 0.717) is 28.0 Å². The number of nitrogens with two attached hydrogens (primary N) is 1. The van der Waals surface area contributed by atoms with Crippen LogP contribution in [0.4, 0.5) is 17.3 Å². The van der Waals surface area contributed by atoms with E-state index in [1.807, 2.05) is 35.1 Å². The van der Waals surface area contributed by atoms with Crippen LogP contribution < -0.4 is 21.3 Å². The summed E-state index contributed by atoms with van der Waals surface area (Å²) in [6.45, 7) is 7.32. The lowest BCUT2D eigenvalue weighted by Gasteiger charge is -2.26. The number of aromatic nitrogens is 6. The fourth-order valence-electron chi connectivity index (χ4n) is 4.99. The molecule has 210 valence electrons. The zero-order valence-corrected chi connectivity index (χ0v) is 22.9. The van der Waals surface area contributed by atoms with E-state index in [2.05, 4.69) is 43.4 Å². The number of methoxy groups -OCH3 is 1. The Morgan fingerprint density at radius 1 is 1.10 bits per heavy atom. The molecule has 0 bridgehead atoms. The Hall–Kier alpha value is -4.81. The van der Waals surface area contributed by atoms with Gasteiger partial charge >= 0.3 is 0 Å². The maximum atomic E-state index is 12.8. The van der Waals surface area contributed by atoms with Crippen molar-refractivity contribution in [1.29, 1.82) is 0 Å².